The number of carbonyl (C=O) groups excluding carboxylic acids is 1. The molecule has 1 amide bonds. The van der Waals surface area contributed by atoms with Crippen LogP contribution in [0.4, 0.5) is 5.69 Å². The van der Waals surface area contributed by atoms with E-state index in [9.17, 15) is 13.2 Å². The maximum absolute atomic E-state index is 12.2. The second-order valence-electron chi connectivity index (χ2n) is 6.43. The molecule has 2 rings (SSSR count). The molecule has 0 saturated heterocycles. The van der Waals surface area contributed by atoms with E-state index >= 15 is 0 Å². The van der Waals surface area contributed by atoms with Crippen molar-refractivity contribution >= 4 is 45.0 Å². The molecule has 0 atom stereocenters. The van der Waals surface area contributed by atoms with Crippen molar-refractivity contribution in [2.24, 2.45) is 0 Å². The SMILES string of the molecule is Cc1ccccc1CSCCCNC(=O)CN(c1cccc(Cl)c1)S(C)(=O)=O. The number of nitrogens with zero attached hydrogens (tertiary/aromatic N) is 1. The predicted molar refractivity (Wildman–Crippen MR) is 119 cm³/mol. The second-order valence-corrected chi connectivity index (χ2v) is 9.88. The normalized spacial score (nSPS) is 11.2. The largest absolute Gasteiger partial charge is 0.354 e. The lowest BCUT2D eigenvalue weighted by molar-refractivity contribution is -0.119. The molecule has 0 saturated carbocycles. The molecule has 0 heterocycles. The Labute approximate surface area is 176 Å². The Balaban J connectivity index is 1.76. The molecule has 0 aliphatic rings. The molecule has 152 valence electrons. The second kappa shape index (κ2) is 10.7. The van der Waals surface area contributed by atoms with Gasteiger partial charge in [-0.05, 0) is 48.4 Å². The average molecular weight is 441 g/mol. The Morgan fingerprint density at radius 2 is 1.93 bits per heavy atom. The van der Waals surface area contributed by atoms with Gasteiger partial charge >= 0.3 is 0 Å². The number of aryl methyl sites for hydroxylation is 1. The van der Waals surface area contributed by atoms with E-state index in [1.807, 2.05) is 23.9 Å². The highest BCUT2D eigenvalue weighted by atomic mass is 35.5. The van der Waals surface area contributed by atoms with Gasteiger partial charge in [0.05, 0.1) is 11.9 Å². The van der Waals surface area contributed by atoms with Crippen LogP contribution in [0, 0.1) is 6.92 Å². The van der Waals surface area contributed by atoms with Crippen LogP contribution in [0.3, 0.4) is 0 Å². The highest BCUT2D eigenvalue weighted by Crippen LogP contribution is 2.21. The maximum atomic E-state index is 12.2. The number of benzene rings is 2. The Morgan fingerprint density at radius 3 is 2.61 bits per heavy atom. The topological polar surface area (TPSA) is 66.5 Å². The molecular weight excluding hydrogens is 416 g/mol. The third-order valence-corrected chi connectivity index (χ3v) is 6.56. The van der Waals surface area contributed by atoms with Gasteiger partial charge in [0, 0.05) is 17.3 Å². The molecule has 0 aromatic heterocycles. The van der Waals surface area contributed by atoms with Crippen LogP contribution in [0.2, 0.25) is 5.02 Å². The van der Waals surface area contributed by atoms with E-state index in [0.717, 1.165) is 28.5 Å². The number of anilines is 1. The minimum atomic E-state index is -3.59. The van der Waals surface area contributed by atoms with Crippen molar-refractivity contribution in [3.8, 4) is 0 Å². The lowest BCUT2D eigenvalue weighted by Crippen LogP contribution is -2.40. The number of hydrogen-bond acceptors (Lipinski definition) is 4. The first-order chi connectivity index (χ1) is 13.3. The fraction of sp³-hybridized carbons (Fsp3) is 0.350. The minimum absolute atomic E-state index is 0.268. The highest BCUT2D eigenvalue weighted by Gasteiger charge is 2.20. The third-order valence-electron chi connectivity index (χ3n) is 4.09. The fourth-order valence-corrected chi connectivity index (χ4v) is 4.64. The molecule has 0 radical (unpaired) electrons. The zero-order valence-electron chi connectivity index (χ0n) is 16.0. The molecule has 2 aromatic rings. The summed E-state index contributed by atoms with van der Waals surface area (Å²) in [5.74, 6) is 1.52. The predicted octanol–water partition coefficient (Wildman–Crippen LogP) is 3.85. The van der Waals surface area contributed by atoms with E-state index in [1.165, 1.54) is 17.2 Å². The first-order valence-electron chi connectivity index (χ1n) is 8.89. The van der Waals surface area contributed by atoms with Gasteiger partial charge in [-0.15, -0.1) is 0 Å². The van der Waals surface area contributed by atoms with Gasteiger partial charge in [-0.3, -0.25) is 9.10 Å². The van der Waals surface area contributed by atoms with Crippen molar-refractivity contribution in [2.75, 3.05) is 29.4 Å². The number of carbonyl (C=O) groups is 1. The number of thioether (sulfide) groups is 1. The number of halogens is 1. The van der Waals surface area contributed by atoms with Crippen LogP contribution < -0.4 is 9.62 Å². The first-order valence-corrected chi connectivity index (χ1v) is 12.3. The summed E-state index contributed by atoms with van der Waals surface area (Å²) in [6.45, 7) is 2.34. The highest BCUT2D eigenvalue weighted by molar-refractivity contribution is 7.98. The van der Waals surface area contributed by atoms with Gasteiger partial charge in [-0.2, -0.15) is 11.8 Å². The van der Waals surface area contributed by atoms with E-state index < -0.39 is 10.0 Å². The molecule has 1 N–H and O–H groups in total. The van der Waals surface area contributed by atoms with Crippen LogP contribution in [-0.4, -0.2) is 39.4 Å². The summed E-state index contributed by atoms with van der Waals surface area (Å²) in [6, 6.07) is 14.7. The van der Waals surface area contributed by atoms with Gasteiger partial charge in [-0.1, -0.05) is 41.9 Å². The number of rotatable bonds is 10. The molecule has 28 heavy (non-hydrogen) atoms. The van der Waals surface area contributed by atoms with Gasteiger partial charge in [0.1, 0.15) is 6.54 Å². The summed E-state index contributed by atoms with van der Waals surface area (Å²) in [6.07, 6.45) is 1.89. The van der Waals surface area contributed by atoms with Gasteiger partial charge in [0.25, 0.3) is 0 Å². The van der Waals surface area contributed by atoms with Gasteiger partial charge < -0.3 is 5.32 Å². The van der Waals surface area contributed by atoms with E-state index in [-0.39, 0.29) is 12.5 Å². The lowest BCUT2D eigenvalue weighted by atomic mass is 10.1. The standard InChI is InChI=1S/C20H25ClN2O3S2/c1-16-7-3-4-8-17(16)15-27-12-6-11-22-20(24)14-23(28(2,25)26)19-10-5-9-18(21)13-19/h3-5,7-10,13H,6,11-12,14-15H2,1-2H3,(H,22,24). The van der Waals surface area contributed by atoms with Crippen molar-refractivity contribution in [3.63, 3.8) is 0 Å². The lowest BCUT2D eigenvalue weighted by Gasteiger charge is -2.22. The molecule has 0 aliphatic carbocycles. The summed E-state index contributed by atoms with van der Waals surface area (Å²) >= 11 is 7.75. The molecule has 0 spiro atoms. The summed E-state index contributed by atoms with van der Waals surface area (Å²) < 4.78 is 25.2. The van der Waals surface area contributed by atoms with Crippen molar-refractivity contribution < 1.29 is 13.2 Å². The van der Waals surface area contributed by atoms with E-state index in [4.69, 9.17) is 11.6 Å². The molecule has 8 heteroatoms. The molecular formula is C20H25ClN2O3S2. The minimum Gasteiger partial charge on any atom is -0.354 e. The smallest absolute Gasteiger partial charge is 0.240 e. The summed E-state index contributed by atoms with van der Waals surface area (Å²) in [4.78, 5) is 12.2. The number of sulfonamides is 1. The fourth-order valence-electron chi connectivity index (χ4n) is 2.57. The zero-order chi connectivity index (χ0) is 20.6. The van der Waals surface area contributed by atoms with Crippen LogP contribution in [0.15, 0.2) is 48.5 Å². The van der Waals surface area contributed by atoms with Gasteiger partial charge in [0.15, 0.2) is 0 Å². The monoisotopic (exact) mass is 440 g/mol. The molecule has 0 fully saturated rings. The van der Waals surface area contributed by atoms with Gasteiger partial charge in [-0.25, -0.2) is 8.42 Å². The molecule has 0 bridgehead atoms. The number of amides is 1. The van der Waals surface area contributed by atoms with Crippen molar-refractivity contribution in [1.29, 1.82) is 0 Å². The maximum Gasteiger partial charge on any atom is 0.240 e. The Hall–Kier alpha value is -1.70. The third kappa shape index (κ3) is 7.37. The average Bonchev–Trinajstić information content (AvgIpc) is 2.63. The van der Waals surface area contributed by atoms with E-state index in [0.29, 0.717) is 17.3 Å². The van der Waals surface area contributed by atoms with Crippen LogP contribution in [-0.2, 0) is 20.6 Å². The van der Waals surface area contributed by atoms with Crippen molar-refractivity contribution in [2.45, 2.75) is 19.1 Å². The first kappa shape index (κ1) is 22.6. The Kier molecular flexibility index (Phi) is 8.66. The van der Waals surface area contributed by atoms with Gasteiger partial charge in [0.2, 0.25) is 15.9 Å². The van der Waals surface area contributed by atoms with E-state index in [2.05, 4.69) is 24.4 Å². The van der Waals surface area contributed by atoms with Crippen LogP contribution >= 0.6 is 23.4 Å². The summed E-state index contributed by atoms with van der Waals surface area (Å²) in [7, 11) is -3.59. The van der Waals surface area contributed by atoms with Crippen molar-refractivity contribution in [3.05, 3.63) is 64.7 Å². The van der Waals surface area contributed by atoms with Crippen molar-refractivity contribution in [1.82, 2.24) is 5.32 Å². The van der Waals surface area contributed by atoms with Crippen LogP contribution in [0.5, 0.6) is 0 Å². The van der Waals surface area contributed by atoms with Crippen LogP contribution in [0.25, 0.3) is 0 Å². The quantitative estimate of drug-likeness (QED) is 0.570. The summed E-state index contributed by atoms with van der Waals surface area (Å²) in [5.41, 5.74) is 2.98. The number of hydrogen-bond donors (Lipinski definition) is 1. The van der Waals surface area contributed by atoms with Crippen LogP contribution in [0.1, 0.15) is 17.5 Å². The Morgan fingerprint density at radius 1 is 1.18 bits per heavy atom. The molecule has 5 nitrogen and oxygen atoms in total. The Bertz CT molecular complexity index is 904. The number of nitrogens with one attached hydrogen (secondary N) is 1. The molecule has 0 aliphatic heterocycles. The summed E-state index contributed by atoms with van der Waals surface area (Å²) in [5, 5.41) is 3.20. The van der Waals surface area contributed by atoms with E-state index in [1.54, 1.807) is 18.2 Å². The molecule has 0 unspecified atom stereocenters. The molecule has 2 aromatic carbocycles. The zero-order valence-corrected chi connectivity index (χ0v) is 18.4.